The van der Waals surface area contributed by atoms with Gasteiger partial charge in [0.15, 0.2) is 0 Å². The molecule has 0 spiro atoms. The van der Waals surface area contributed by atoms with Crippen molar-refractivity contribution >= 4 is 29.5 Å². The summed E-state index contributed by atoms with van der Waals surface area (Å²) in [4.78, 5) is 10.6. The van der Waals surface area contributed by atoms with E-state index < -0.39 is 0 Å². The molecule has 5 heteroatoms. The number of thiol groups is 1. The van der Waals surface area contributed by atoms with Crippen LogP contribution in [0.5, 0.6) is 5.75 Å². The van der Waals surface area contributed by atoms with E-state index in [0.717, 1.165) is 5.56 Å². The summed E-state index contributed by atoms with van der Waals surface area (Å²) in [6, 6.07) is 5.39. The first-order valence-electron chi connectivity index (χ1n) is 4.51. The number of hydrogen-bond donors (Lipinski definition) is 2. The van der Waals surface area contributed by atoms with Gasteiger partial charge in [-0.15, -0.1) is 0 Å². The number of halogens is 1. The third-order valence-corrected chi connectivity index (χ3v) is 2.19. The van der Waals surface area contributed by atoms with Crippen molar-refractivity contribution in [1.82, 2.24) is 5.32 Å². The fourth-order valence-corrected chi connectivity index (χ4v) is 1.44. The molecule has 1 aromatic carbocycles. The van der Waals surface area contributed by atoms with Gasteiger partial charge in [0.25, 0.3) is 5.24 Å². The van der Waals surface area contributed by atoms with Gasteiger partial charge in [-0.1, -0.05) is 30.3 Å². The van der Waals surface area contributed by atoms with E-state index in [9.17, 15) is 4.79 Å². The number of nitrogens with one attached hydrogen (secondary N) is 1. The molecule has 0 bridgehead atoms. The lowest BCUT2D eigenvalue weighted by Crippen LogP contribution is -2.15. The number of hydrogen-bond acceptors (Lipinski definition) is 2. The topological polar surface area (TPSA) is 38.3 Å². The van der Waals surface area contributed by atoms with Crippen LogP contribution in [0.4, 0.5) is 4.79 Å². The smallest absolute Gasteiger partial charge is 0.276 e. The maximum absolute atomic E-state index is 10.6. The summed E-state index contributed by atoms with van der Waals surface area (Å²) in [5.41, 5.74) is 0.908. The molecule has 1 aromatic rings. The van der Waals surface area contributed by atoms with Crippen molar-refractivity contribution in [1.29, 1.82) is 0 Å². The first-order valence-corrected chi connectivity index (χ1v) is 5.34. The summed E-state index contributed by atoms with van der Waals surface area (Å²) in [6.45, 7) is 2.88. The first kappa shape index (κ1) is 12.2. The highest BCUT2D eigenvalue weighted by molar-refractivity contribution is 7.96. The molecule has 0 fully saturated rings. The van der Waals surface area contributed by atoms with E-state index in [2.05, 4.69) is 17.9 Å². The Morgan fingerprint density at radius 3 is 2.87 bits per heavy atom. The van der Waals surface area contributed by atoms with Crippen LogP contribution in [0.2, 0.25) is 5.02 Å². The first-order chi connectivity index (χ1) is 7.13. The second-order valence-corrected chi connectivity index (χ2v) is 3.67. The third kappa shape index (κ3) is 4.01. The van der Waals surface area contributed by atoms with Crippen LogP contribution in [0, 0.1) is 0 Å². The molecule has 1 N–H and O–H groups in total. The Kier molecular flexibility index (Phi) is 4.78. The number of ether oxygens (including phenoxy) is 1. The van der Waals surface area contributed by atoms with Crippen molar-refractivity contribution in [3.8, 4) is 5.75 Å². The van der Waals surface area contributed by atoms with Gasteiger partial charge in [0.2, 0.25) is 0 Å². The summed E-state index contributed by atoms with van der Waals surface area (Å²) < 4.78 is 5.28. The Labute approximate surface area is 99.2 Å². The van der Waals surface area contributed by atoms with Gasteiger partial charge in [-0.25, -0.2) is 0 Å². The normalized spacial score (nSPS) is 9.80. The zero-order valence-electron chi connectivity index (χ0n) is 8.29. The predicted molar refractivity (Wildman–Crippen MR) is 63.8 cm³/mol. The SMILES string of the molecule is CCOc1ccc(CNC(=O)S)cc1Cl. The van der Waals surface area contributed by atoms with E-state index in [4.69, 9.17) is 16.3 Å². The maximum Gasteiger partial charge on any atom is 0.276 e. The Morgan fingerprint density at radius 1 is 1.60 bits per heavy atom. The van der Waals surface area contributed by atoms with Gasteiger partial charge in [0, 0.05) is 6.54 Å². The molecular weight excluding hydrogens is 234 g/mol. The van der Waals surface area contributed by atoms with Crippen molar-refractivity contribution in [2.75, 3.05) is 6.61 Å². The summed E-state index contributed by atoms with van der Waals surface area (Å²) in [7, 11) is 0. The van der Waals surface area contributed by atoms with Crippen LogP contribution in [0.3, 0.4) is 0 Å². The van der Waals surface area contributed by atoms with Crippen LogP contribution in [-0.4, -0.2) is 11.8 Å². The zero-order chi connectivity index (χ0) is 11.3. The highest BCUT2D eigenvalue weighted by atomic mass is 35.5. The molecule has 15 heavy (non-hydrogen) atoms. The minimum atomic E-state index is -0.361. The van der Waals surface area contributed by atoms with Crippen molar-refractivity contribution < 1.29 is 9.53 Å². The van der Waals surface area contributed by atoms with E-state index in [0.29, 0.717) is 23.9 Å². The zero-order valence-corrected chi connectivity index (χ0v) is 9.94. The van der Waals surface area contributed by atoms with Gasteiger partial charge in [-0.2, -0.15) is 0 Å². The number of benzene rings is 1. The number of rotatable bonds is 4. The Balaban J connectivity index is 2.68. The van der Waals surface area contributed by atoms with E-state index in [-0.39, 0.29) is 5.24 Å². The maximum atomic E-state index is 10.6. The lowest BCUT2D eigenvalue weighted by molar-refractivity contribution is 0.260. The molecule has 0 saturated carbocycles. The van der Waals surface area contributed by atoms with Gasteiger partial charge < -0.3 is 10.1 Å². The molecule has 82 valence electrons. The van der Waals surface area contributed by atoms with E-state index in [1.54, 1.807) is 12.1 Å². The van der Waals surface area contributed by atoms with Crippen LogP contribution in [0.1, 0.15) is 12.5 Å². The summed E-state index contributed by atoms with van der Waals surface area (Å²) >= 11 is 9.57. The fraction of sp³-hybridized carbons (Fsp3) is 0.300. The van der Waals surface area contributed by atoms with Crippen molar-refractivity contribution in [3.05, 3.63) is 28.8 Å². The number of carbonyl (C=O) groups is 1. The molecule has 0 aromatic heterocycles. The lowest BCUT2D eigenvalue weighted by Gasteiger charge is -2.07. The van der Waals surface area contributed by atoms with Gasteiger partial charge in [-0.05, 0) is 24.6 Å². The van der Waals surface area contributed by atoms with E-state index in [1.165, 1.54) is 0 Å². The number of carbonyl (C=O) groups excluding carboxylic acids is 1. The molecule has 0 atom stereocenters. The summed E-state index contributed by atoms with van der Waals surface area (Å²) in [5, 5.41) is 2.75. The molecule has 0 unspecified atom stereocenters. The van der Waals surface area contributed by atoms with Crippen LogP contribution in [0.15, 0.2) is 18.2 Å². The predicted octanol–water partition coefficient (Wildman–Crippen LogP) is 2.88. The molecule has 0 saturated heterocycles. The molecule has 0 heterocycles. The summed E-state index contributed by atoms with van der Waals surface area (Å²) in [6.07, 6.45) is 0. The van der Waals surface area contributed by atoms with Gasteiger partial charge in [0.05, 0.1) is 11.6 Å². The monoisotopic (exact) mass is 245 g/mol. The molecule has 0 radical (unpaired) electrons. The fourth-order valence-electron chi connectivity index (χ4n) is 1.10. The second kappa shape index (κ2) is 5.88. The molecular formula is C10H12ClNO2S. The van der Waals surface area contributed by atoms with Crippen molar-refractivity contribution in [2.24, 2.45) is 0 Å². The Morgan fingerprint density at radius 2 is 2.33 bits per heavy atom. The largest absolute Gasteiger partial charge is 0.492 e. The highest BCUT2D eigenvalue weighted by Gasteiger charge is 2.02. The standard InChI is InChI=1S/C10H12ClNO2S/c1-2-14-9-4-3-7(5-8(9)11)6-12-10(13)15/h3-5H,2,6H2,1H3,(H2,12,13,15). The molecule has 0 aliphatic rings. The van der Waals surface area contributed by atoms with Crippen LogP contribution in [0.25, 0.3) is 0 Å². The average molecular weight is 246 g/mol. The highest BCUT2D eigenvalue weighted by Crippen LogP contribution is 2.25. The average Bonchev–Trinajstić information content (AvgIpc) is 2.19. The number of amides is 1. The quantitative estimate of drug-likeness (QED) is 0.801. The van der Waals surface area contributed by atoms with Gasteiger partial charge in [0.1, 0.15) is 5.75 Å². The molecule has 1 rings (SSSR count). The lowest BCUT2D eigenvalue weighted by atomic mass is 10.2. The minimum Gasteiger partial charge on any atom is -0.492 e. The van der Waals surface area contributed by atoms with Crippen LogP contribution >= 0.6 is 24.2 Å². The van der Waals surface area contributed by atoms with Gasteiger partial charge >= 0.3 is 0 Å². The second-order valence-electron chi connectivity index (χ2n) is 2.86. The molecule has 0 aliphatic heterocycles. The van der Waals surface area contributed by atoms with Crippen LogP contribution < -0.4 is 10.1 Å². The molecule has 3 nitrogen and oxygen atoms in total. The van der Waals surface area contributed by atoms with Crippen molar-refractivity contribution in [3.63, 3.8) is 0 Å². The Hall–Kier alpha value is -0.870. The summed E-state index contributed by atoms with van der Waals surface area (Å²) in [5.74, 6) is 0.653. The molecule has 0 aliphatic carbocycles. The minimum absolute atomic E-state index is 0.361. The van der Waals surface area contributed by atoms with E-state index in [1.807, 2.05) is 13.0 Å². The van der Waals surface area contributed by atoms with Gasteiger partial charge in [-0.3, -0.25) is 4.79 Å². The van der Waals surface area contributed by atoms with E-state index >= 15 is 0 Å². The van der Waals surface area contributed by atoms with Crippen molar-refractivity contribution in [2.45, 2.75) is 13.5 Å². The third-order valence-electron chi connectivity index (χ3n) is 1.74. The Bertz CT molecular complexity index is 357. The van der Waals surface area contributed by atoms with Crippen LogP contribution in [-0.2, 0) is 6.54 Å². The molecule has 1 amide bonds.